The van der Waals surface area contributed by atoms with Crippen LogP contribution >= 0.6 is 107 Å². The average molecular weight is 2280 g/mol. The van der Waals surface area contributed by atoms with Gasteiger partial charge < -0.3 is 32.8 Å². The fourth-order valence-electron chi connectivity index (χ4n) is 22.9. The summed E-state index contributed by atoms with van der Waals surface area (Å²) in [5, 5.41) is 6.48. The van der Waals surface area contributed by atoms with Crippen LogP contribution in [0, 0.1) is 23.3 Å². The van der Waals surface area contributed by atoms with Gasteiger partial charge in [0.1, 0.15) is 56.1 Å². The molecule has 0 amide bonds. The van der Waals surface area contributed by atoms with Gasteiger partial charge in [-0.1, -0.05) is 396 Å². The molecule has 5 aliphatic rings. The van der Waals surface area contributed by atoms with Crippen molar-refractivity contribution in [2.75, 3.05) is 0 Å². The number of unbranched alkanes of at least 4 members (excludes halogenated alkanes) is 54. The minimum Gasteiger partial charge on any atom is -0.481 e. The van der Waals surface area contributed by atoms with Crippen molar-refractivity contribution in [3.8, 4) is 67.4 Å². The van der Waals surface area contributed by atoms with Gasteiger partial charge >= 0.3 is 14.2 Å². The maximum absolute atomic E-state index is 17.8. The second kappa shape index (κ2) is 62.6. The number of fused-ring (bicyclic) bond motifs is 11. The third kappa shape index (κ3) is 32.9. The van der Waals surface area contributed by atoms with Gasteiger partial charge in [0.25, 0.3) is 0 Å². The molecule has 0 bridgehead atoms. The van der Waals surface area contributed by atoms with Crippen molar-refractivity contribution in [3.05, 3.63) is 96.3 Å². The zero-order valence-corrected chi connectivity index (χ0v) is 102. The smallest absolute Gasteiger partial charge is 0.481 e. The molecule has 0 unspecified atom stereocenters. The standard InChI is InChI=1S/C72H106F2N2O2S5.C33H53BrOS2.C18H24B2F2N2O4S.CH4/c1-5-9-13-17-21-25-29-33-37-41-47-71(48-42-38-34-30-26-22-18-14-10-6-2)55-53-59(81-67(55)69-57(77-71)45-51-79-69)61-63(73)64(74)62(66-65(61)75-83-76-66)60-54-56-68(82-60)70-58(46-52-80-70)78-72(56,49-43-39-35-31-27-23-19-15-11-7-3)50-44-40-36-32-28-24-20-16-12-8-4;1-3-5-7-9-11-13-15-17-19-21-24-33(25-22-20-18-16-14-12-10-8-6-4-2)28-27-30(34)37-31(28)32-29(35-33)23-26-36-32;1-15(2)16(3,4)26-19(25-15)9-11(21)12(22)10(14-13(9)23-29-24-14)20-27-17(5,6)18(7,8)28-20;/h45-46,51-54H,5-44,47-50H2,1-4H3;23,26-27H,3-22,24-25H2,1-2H3;1-8H3;1H4. The zero-order chi connectivity index (χ0) is 106. The number of ether oxygens (including phenoxy) is 3. The van der Waals surface area contributed by atoms with E-state index in [9.17, 15) is 0 Å². The second-order valence-electron chi connectivity index (χ2n) is 46.2. The van der Waals surface area contributed by atoms with Crippen molar-refractivity contribution in [1.82, 2.24) is 17.5 Å². The van der Waals surface area contributed by atoms with E-state index >= 15 is 17.6 Å². The Hall–Kier alpha value is -4.15. The highest BCUT2D eigenvalue weighted by atomic mass is 79.9. The molecule has 2 aromatic carbocycles. The summed E-state index contributed by atoms with van der Waals surface area (Å²) in [6.45, 7) is 28.5. The van der Waals surface area contributed by atoms with Crippen LogP contribution in [-0.4, -0.2) is 54.1 Å². The molecular formula is C124H187B2BrF4N4O7S8. The summed E-state index contributed by atoms with van der Waals surface area (Å²) >= 11 is 16.1. The summed E-state index contributed by atoms with van der Waals surface area (Å²) in [6.07, 6.45) is 85.0. The van der Waals surface area contributed by atoms with Gasteiger partial charge in [-0.15, -0.1) is 68.0 Å². The van der Waals surface area contributed by atoms with Gasteiger partial charge in [0.05, 0.1) is 101 Å². The minimum absolute atomic E-state index is 0. The molecule has 10 aromatic rings. The molecule has 2 saturated heterocycles. The quantitative estimate of drug-likeness (QED) is 0.0206. The maximum atomic E-state index is 17.8. The molecule has 26 heteroatoms. The van der Waals surface area contributed by atoms with Crippen molar-refractivity contribution in [1.29, 1.82) is 0 Å². The summed E-state index contributed by atoms with van der Waals surface area (Å²) in [6, 6.07) is 13.2. The highest BCUT2D eigenvalue weighted by Crippen LogP contribution is 2.62. The molecule has 5 aliphatic heterocycles. The number of halogens is 5. The molecule has 0 spiro atoms. The number of hydrogen-bond acceptors (Lipinski definition) is 19. The molecule has 11 nitrogen and oxygen atoms in total. The van der Waals surface area contributed by atoms with Gasteiger partial charge in [0.2, 0.25) is 0 Å². The summed E-state index contributed by atoms with van der Waals surface area (Å²) < 4.78 is 131. The Morgan fingerprint density at radius 1 is 0.267 bits per heavy atom. The van der Waals surface area contributed by atoms with Crippen LogP contribution in [-0.2, 0) is 35.4 Å². The van der Waals surface area contributed by atoms with E-state index in [1.54, 1.807) is 45.3 Å². The largest absolute Gasteiger partial charge is 0.500 e. The van der Waals surface area contributed by atoms with Gasteiger partial charge in [-0.25, -0.2) is 17.6 Å². The Morgan fingerprint density at radius 3 is 0.707 bits per heavy atom. The van der Waals surface area contributed by atoms with Crippen molar-refractivity contribution in [3.63, 3.8) is 0 Å². The average Bonchev–Trinajstić information content (AvgIpc) is 1.56. The lowest BCUT2D eigenvalue weighted by molar-refractivity contribution is 0.00578. The zero-order valence-electron chi connectivity index (χ0n) is 93.8. The van der Waals surface area contributed by atoms with E-state index in [4.69, 9.17) is 41.6 Å². The van der Waals surface area contributed by atoms with E-state index in [1.165, 1.54) is 379 Å². The lowest BCUT2D eigenvalue weighted by Gasteiger charge is -2.38. The van der Waals surface area contributed by atoms with Gasteiger partial charge in [0, 0.05) is 26.4 Å². The van der Waals surface area contributed by atoms with Crippen molar-refractivity contribution in [2.24, 2.45) is 0 Å². The fraction of sp³-hybridized carbons (Fsp3) is 0.710. The summed E-state index contributed by atoms with van der Waals surface area (Å²) in [5.74, 6) is -0.832. The molecule has 13 heterocycles. The molecule has 0 saturated carbocycles. The SMILES string of the molecule is C.CC1(C)OB(c2c(F)c(F)c(B3OC(C)(C)C(C)(C)O3)c3nsnc23)OC1(C)C.CCCCCCCCCCCCC1(CCCCCCCCCCCC)Oc2ccsc2-c2sc(-c3c(F)c(F)c(-c4cc5c(s4)-c4sccc4OC5(CCCCCCCCCCCC)CCCCCCCCCCCC)c4nsnc34)cc21.CCCCCCCCCCCCC1(CCCCCCCCCCCC)Oc2ccsc2-c2sc(Br)cc21. The third-order valence-electron chi connectivity index (χ3n) is 33.4. The van der Waals surface area contributed by atoms with E-state index in [0.29, 0.717) is 20.8 Å². The molecule has 0 atom stereocenters. The van der Waals surface area contributed by atoms with Gasteiger partial charge in [-0.05, 0) is 201 Å². The Labute approximate surface area is 945 Å². The first-order chi connectivity index (χ1) is 72.3. The normalized spacial score (nSPS) is 15.9. The Kier molecular flexibility index (Phi) is 51.9. The molecule has 0 radical (unpaired) electrons. The van der Waals surface area contributed by atoms with Crippen LogP contribution in [0.5, 0.6) is 17.2 Å². The van der Waals surface area contributed by atoms with Crippen LogP contribution in [0.1, 0.15) is 545 Å². The highest BCUT2D eigenvalue weighted by Gasteiger charge is 2.58. The summed E-state index contributed by atoms with van der Waals surface area (Å²) in [7, 11) is -2.21. The van der Waals surface area contributed by atoms with Crippen molar-refractivity contribution < 1.29 is 50.4 Å². The lowest BCUT2D eigenvalue weighted by Crippen LogP contribution is -2.44. The van der Waals surface area contributed by atoms with E-state index in [1.807, 2.05) is 78.1 Å². The number of nitrogens with zero attached hydrogens (tertiary/aromatic N) is 4. The second-order valence-corrected chi connectivity index (χ2v) is 54.5. The van der Waals surface area contributed by atoms with Crippen molar-refractivity contribution >= 4 is 155 Å². The fourth-order valence-corrected chi connectivity index (χ4v) is 31.3. The van der Waals surface area contributed by atoms with E-state index < -0.39 is 71.1 Å². The van der Waals surface area contributed by atoms with Crippen LogP contribution < -0.4 is 25.1 Å². The Bertz CT molecular complexity index is 5230. The summed E-state index contributed by atoms with van der Waals surface area (Å²) in [5.41, 5.74) is 1.32. The molecule has 150 heavy (non-hydrogen) atoms. The number of hydrogen-bond donors (Lipinski definition) is 0. The molecule has 2 fully saturated rings. The minimum atomic E-state index is -1.10. The van der Waals surface area contributed by atoms with Gasteiger partial charge in [-0.2, -0.15) is 17.5 Å². The Balaban J connectivity index is 0.000000242. The molecule has 0 aliphatic carbocycles. The van der Waals surface area contributed by atoms with Gasteiger partial charge in [-0.3, -0.25) is 0 Å². The third-order valence-corrected chi connectivity index (χ3v) is 41.6. The first kappa shape index (κ1) is 124. The Morgan fingerprint density at radius 2 is 0.473 bits per heavy atom. The molecule has 8 aromatic heterocycles. The number of aromatic nitrogens is 4. The molecule has 15 rings (SSSR count). The van der Waals surface area contributed by atoms with E-state index in [2.05, 4.69) is 119 Å². The summed E-state index contributed by atoms with van der Waals surface area (Å²) in [4.78, 5) is 8.72. The predicted octanol–water partition coefficient (Wildman–Crippen LogP) is 44.0. The van der Waals surface area contributed by atoms with E-state index in [0.717, 1.165) is 136 Å². The molecule has 0 N–H and O–H groups in total. The van der Waals surface area contributed by atoms with Crippen LogP contribution in [0.2, 0.25) is 0 Å². The maximum Gasteiger partial charge on any atom is 0.500 e. The van der Waals surface area contributed by atoms with E-state index in [-0.39, 0.29) is 46.1 Å². The van der Waals surface area contributed by atoms with Crippen LogP contribution in [0.25, 0.3) is 72.2 Å². The highest BCUT2D eigenvalue weighted by molar-refractivity contribution is 9.11. The van der Waals surface area contributed by atoms with Crippen molar-refractivity contribution in [2.45, 2.75) is 567 Å². The number of rotatable bonds is 70. The van der Waals surface area contributed by atoms with Crippen LogP contribution in [0.3, 0.4) is 0 Å². The molecule has 834 valence electrons. The van der Waals surface area contributed by atoms with Gasteiger partial charge in [0.15, 0.2) is 23.3 Å². The lowest BCUT2D eigenvalue weighted by atomic mass is 9.71. The van der Waals surface area contributed by atoms with Crippen LogP contribution in [0.4, 0.5) is 17.6 Å². The number of thiophene rings is 6. The molecular weight excluding hydrogens is 2090 g/mol. The number of benzene rings is 2. The first-order valence-corrected chi connectivity index (χ1v) is 67.0. The topological polar surface area (TPSA) is 116 Å². The van der Waals surface area contributed by atoms with Crippen LogP contribution in [0.15, 0.2) is 56.3 Å². The monoisotopic (exact) mass is 2280 g/mol. The first-order valence-electron chi connectivity index (χ1n) is 59.6. The predicted molar refractivity (Wildman–Crippen MR) is 647 cm³/mol.